The molecule has 1 atom stereocenters. The molecule has 7 heteroatoms. The minimum absolute atomic E-state index is 0.0245. The summed E-state index contributed by atoms with van der Waals surface area (Å²) in [7, 11) is 3.84. The van der Waals surface area contributed by atoms with Gasteiger partial charge in [0.2, 0.25) is 5.78 Å². The quantitative estimate of drug-likeness (QED) is 0.556. The number of aryl methyl sites for hydroxylation is 1. The summed E-state index contributed by atoms with van der Waals surface area (Å²) in [6, 6.07) is 12.0. The number of rotatable bonds is 7. The van der Waals surface area contributed by atoms with E-state index in [1.54, 1.807) is 18.2 Å². The van der Waals surface area contributed by atoms with Crippen LogP contribution >= 0.6 is 0 Å². The number of benzene rings is 2. The van der Waals surface area contributed by atoms with Crippen molar-refractivity contribution in [1.82, 2.24) is 9.80 Å². The van der Waals surface area contributed by atoms with Crippen LogP contribution < -0.4 is 0 Å². The molecule has 32 heavy (non-hydrogen) atoms. The zero-order chi connectivity index (χ0) is 23.0. The monoisotopic (exact) mass is 436 g/mol. The zero-order valence-electron chi connectivity index (χ0n) is 18.3. The number of aliphatic hydroxyl groups is 1. The van der Waals surface area contributed by atoms with Gasteiger partial charge < -0.3 is 19.3 Å². The van der Waals surface area contributed by atoms with Gasteiger partial charge in [-0.25, -0.2) is 4.39 Å². The molecule has 1 aliphatic heterocycles. The summed E-state index contributed by atoms with van der Waals surface area (Å²) in [5.41, 5.74) is 1.87. The molecule has 2 aromatic carbocycles. The Kier molecular flexibility index (Phi) is 5.84. The summed E-state index contributed by atoms with van der Waals surface area (Å²) in [4.78, 5) is 29.8. The summed E-state index contributed by atoms with van der Waals surface area (Å²) in [6.07, 6.45) is 0.628. The molecule has 1 amide bonds. The molecule has 1 unspecified atom stereocenters. The van der Waals surface area contributed by atoms with Gasteiger partial charge >= 0.3 is 0 Å². The molecule has 6 nitrogen and oxygen atoms in total. The smallest absolute Gasteiger partial charge is 0.290 e. The van der Waals surface area contributed by atoms with Crippen molar-refractivity contribution in [1.29, 1.82) is 0 Å². The van der Waals surface area contributed by atoms with E-state index in [1.807, 2.05) is 38.1 Å². The molecule has 0 fully saturated rings. The second kappa shape index (κ2) is 8.59. The molecule has 166 valence electrons. The van der Waals surface area contributed by atoms with E-state index in [4.69, 9.17) is 4.42 Å². The maximum absolute atomic E-state index is 14.0. The Bertz CT molecular complexity index is 1230. The van der Waals surface area contributed by atoms with Gasteiger partial charge in [0.05, 0.1) is 11.6 Å². The Balaban J connectivity index is 1.76. The van der Waals surface area contributed by atoms with Crippen LogP contribution in [0.4, 0.5) is 4.39 Å². The van der Waals surface area contributed by atoms with Crippen molar-refractivity contribution in [2.24, 2.45) is 0 Å². The van der Waals surface area contributed by atoms with E-state index in [9.17, 15) is 19.1 Å². The Labute approximate surface area is 185 Å². The van der Waals surface area contributed by atoms with E-state index in [-0.39, 0.29) is 11.3 Å². The first kappa shape index (κ1) is 21.8. The second-order valence-electron chi connectivity index (χ2n) is 8.36. The van der Waals surface area contributed by atoms with Crippen LogP contribution in [0.3, 0.4) is 0 Å². The summed E-state index contributed by atoms with van der Waals surface area (Å²) in [5.74, 6) is -2.31. The van der Waals surface area contributed by atoms with Gasteiger partial charge in [0.15, 0.2) is 11.5 Å². The number of carbonyl (C=O) groups is 2. The minimum atomic E-state index is -0.900. The predicted molar refractivity (Wildman–Crippen MR) is 119 cm³/mol. The van der Waals surface area contributed by atoms with Crippen LogP contribution in [-0.4, -0.2) is 53.8 Å². The van der Waals surface area contributed by atoms with Gasteiger partial charge in [0.1, 0.15) is 11.4 Å². The molecule has 0 spiro atoms. The average molecular weight is 436 g/mol. The third kappa shape index (κ3) is 4.03. The van der Waals surface area contributed by atoms with E-state index in [1.165, 1.54) is 23.1 Å². The average Bonchev–Trinajstić information content (AvgIpc) is 3.27. The number of hydrogen-bond acceptors (Lipinski definition) is 5. The molecule has 0 saturated heterocycles. The number of ketones is 1. The molecule has 1 aliphatic rings. The van der Waals surface area contributed by atoms with Crippen LogP contribution in [0, 0.1) is 12.7 Å². The molecule has 0 aliphatic carbocycles. The fourth-order valence-electron chi connectivity index (χ4n) is 4.10. The Morgan fingerprint density at radius 1 is 1.19 bits per heavy atom. The van der Waals surface area contributed by atoms with Crippen LogP contribution in [0.25, 0.3) is 11.0 Å². The molecule has 0 bridgehead atoms. The summed E-state index contributed by atoms with van der Waals surface area (Å²) in [5, 5.41) is 11.5. The van der Waals surface area contributed by atoms with Crippen LogP contribution in [0.2, 0.25) is 0 Å². The molecule has 2 heterocycles. The molecular weight excluding hydrogens is 411 g/mol. The van der Waals surface area contributed by atoms with Gasteiger partial charge in [0, 0.05) is 11.9 Å². The minimum Gasteiger partial charge on any atom is -0.503 e. The van der Waals surface area contributed by atoms with Crippen LogP contribution in [0.5, 0.6) is 0 Å². The first-order valence-corrected chi connectivity index (χ1v) is 10.5. The van der Waals surface area contributed by atoms with Crippen LogP contribution in [-0.2, 0) is 4.79 Å². The highest BCUT2D eigenvalue weighted by Gasteiger charge is 2.44. The Morgan fingerprint density at radius 2 is 1.97 bits per heavy atom. The highest BCUT2D eigenvalue weighted by Crippen LogP contribution is 2.39. The van der Waals surface area contributed by atoms with Crippen molar-refractivity contribution in [2.75, 3.05) is 27.2 Å². The molecule has 4 rings (SSSR count). The fourth-order valence-corrected chi connectivity index (χ4v) is 4.10. The van der Waals surface area contributed by atoms with E-state index < -0.39 is 29.3 Å². The largest absolute Gasteiger partial charge is 0.503 e. The van der Waals surface area contributed by atoms with Crippen molar-refractivity contribution in [3.05, 3.63) is 82.6 Å². The normalized spacial score (nSPS) is 16.6. The third-order valence-corrected chi connectivity index (χ3v) is 5.61. The molecule has 0 radical (unpaired) electrons. The number of furan rings is 1. The van der Waals surface area contributed by atoms with Crippen LogP contribution in [0.15, 0.2) is 64.3 Å². The Morgan fingerprint density at radius 3 is 2.69 bits per heavy atom. The molecule has 1 aromatic heterocycles. The predicted octanol–water partition coefficient (Wildman–Crippen LogP) is 4.41. The first-order valence-electron chi connectivity index (χ1n) is 10.5. The summed E-state index contributed by atoms with van der Waals surface area (Å²) < 4.78 is 19.8. The fraction of sp³-hybridized carbons (Fsp3) is 0.280. The number of carbonyl (C=O) groups excluding carboxylic acids is 2. The lowest BCUT2D eigenvalue weighted by atomic mass is 9.95. The molecular formula is C25H25FN2O4. The first-order chi connectivity index (χ1) is 15.3. The van der Waals surface area contributed by atoms with E-state index >= 15 is 0 Å². The maximum atomic E-state index is 14.0. The number of nitrogens with zero attached hydrogens (tertiary/aromatic N) is 2. The van der Waals surface area contributed by atoms with Crippen LogP contribution in [0.1, 0.15) is 34.1 Å². The second-order valence-corrected chi connectivity index (χ2v) is 8.36. The number of halogens is 1. The van der Waals surface area contributed by atoms with Gasteiger partial charge in [-0.05, 0) is 69.9 Å². The van der Waals surface area contributed by atoms with Crippen molar-refractivity contribution in [3.63, 3.8) is 0 Å². The van der Waals surface area contributed by atoms with Gasteiger partial charge in [-0.15, -0.1) is 0 Å². The Hall–Kier alpha value is -3.45. The van der Waals surface area contributed by atoms with Crippen molar-refractivity contribution in [2.45, 2.75) is 19.4 Å². The molecule has 1 N–H and O–H groups in total. The van der Waals surface area contributed by atoms with E-state index in [0.717, 1.165) is 10.9 Å². The maximum Gasteiger partial charge on any atom is 0.290 e. The van der Waals surface area contributed by atoms with Gasteiger partial charge in [-0.3, -0.25) is 9.59 Å². The number of Topliss-reactive ketones (excluding diaryl/α,β-unsaturated/α-hetero) is 1. The number of fused-ring (bicyclic) bond motifs is 1. The lowest BCUT2D eigenvalue weighted by molar-refractivity contribution is -0.129. The van der Waals surface area contributed by atoms with Crippen molar-refractivity contribution < 1.29 is 23.5 Å². The number of aliphatic hydroxyl groups excluding tert-OH is 1. The highest BCUT2D eigenvalue weighted by atomic mass is 19.1. The highest BCUT2D eigenvalue weighted by molar-refractivity contribution is 6.16. The zero-order valence-corrected chi connectivity index (χ0v) is 18.3. The lowest BCUT2D eigenvalue weighted by Crippen LogP contribution is -2.33. The SMILES string of the molecule is Cc1ccc2oc(C(=O)C3=C(O)C(=O)N(CCCN(C)C)C3c3cccc(F)c3)cc2c1. The third-order valence-electron chi connectivity index (χ3n) is 5.61. The lowest BCUT2D eigenvalue weighted by Gasteiger charge is -2.27. The number of hydrogen-bond donors (Lipinski definition) is 1. The van der Waals surface area contributed by atoms with E-state index in [0.29, 0.717) is 30.7 Å². The standard InChI is InChI=1S/C25H25FN2O4/c1-15-8-9-19-17(12-15)14-20(32-19)23(29)21-22(16-6-4-7-18(26)13-16)28(25(31)24(21)30)11-5-10-27(2)3/h4,6-9,12-14,22,30H,5,10-11H2,1-3H3. The van der Waals surface area contributed by atoms with Gasteiger partial charge in [0.25, 0.3) is 5.91 Å². The molecule has 0 saturated carbocycles. The molecule has 3 aromatic rings. The van der Waals surface area contributed by atoms with Crippen molar-refractivity contribution in [3.8, 4) is 0 Å². The summed E-state index contributed by atoms with van der Waals surface area (Å²) >= 11 is 0. The van der Waals surface area contributed by atoms with Gasteiger partial charge in [-0.1, -0.05) is 23.8 Å². The van der Waals surface area contributed by atoms with Crippen molar-refractivity contribution >= 4 is 22.7 Å². The van der Waals surface area contributed by atoms with Gasteiger partial charge in [-0.2, -0.15) is 0 Å². The summed E-state index contributed by atoms with van der Waals surface area (Å²) in [6.45, 7) is 2.95. The van der Waals surface area contributed by atoms with E-state index in [2.05, 4.69) is 0 Å². The topological polar surface area (TPSA) is 74.0 Å². The number of amides is 1.